The summed E-state index contributed by atoms with van der Waals surface area (Å²) in [4.78, 5) is 24.4. The molecular weight excluding hydrogens is 476 g/mol. The van der Waals surface area contributed by atoms with Crippen molar-refractivity contribution in [2.45, 2.75) is 13.3 Å². The van der Waals surface area contributed by atoms with Gasteiger partial charge in [0.1, 0.15) is 11.3 Å². The summed E-state index contributed by atoms with van der Waals surface area (Å²) in [5.74, 6) is -0.984. The second-order valence-electron chi connectivity index (χ2n) is 6.90. The van der Waals surface area contributed by atoms with Crippen LogP contribution >= 0.6 is 0 Å². The van der Waals surface area contributed by atoms with Gasteiger partial charge in [0.2, 0.25) is 0 Å². The maximum atomic E-state index is 14.9. The number of anilines is 1. The number of benzene rings is 1. The summed E-state index contributed by atoms with van der Waals surface area (Å²) in [7, 11) is -2.78. The Balaban J connectivity index is 0.00000324. The Morgan fingerprint density at radius 3 is 2.56 bits per heavy atom. The summed E-state index contributed by atoms with van der Waals surface area (Å²) < 4.78 is 53.3. The zero-order valence-electron chi connectivity index (χ0n) is 18.5. The molecule has 3 heterocycles. The topological polar surface area (TPSA) is 136 Å². The fourth-order valence-electron chi connectivity index (χ4n) is 3.15. The van der Waals surface area contributed by atoms with Crippen LogP contribution in [-0.4, -0.2) is 60.0 Å². The van der Waals surface area contributed by atoms with Crippen LogP contribution in [0.15, 0.2) is 58.1 Å². The first kappa shape index (κ1) is 25.7. The molecule has 0 atom stereocenters. The Kier molecular flexibility index (Phi) is 8.00. The average Bonchev–Trinajstić information content (AvgIpc) is 2.79. The van der Waals surface area contributed by atoms with Crippen molar-refractivity contribution in [3.63, 3.8) is 0 Å². The Morgan fingerprint density at radius 1 is 1.12 bits per heavy atom. The molecule has 34 heavy (non-hydrogen) atoms. The molecule has 0 saturated carbocycles. The maximum absolute atomic E-state index is 14.9. The number of rotatable bonds is 7. The smallest absolute Gasteiger partial charge is 0.340 e. The Labute approximate surface area is 216 Å². The van der Waals surface area contributed by atoms with Gasteiger partial charge in [-0.3, -0.25) is 4.72 Å². The summed E-state index contributed by atoms with van der Waals surface area (Å²) in [5, 5.41) is 0.636. The van der Waals surface area contributed by atoms with E-state index in [1.165, 1.54) is 31.7 Å². The van der Waals surface area contributed by atoms with Crippen LogP contribution in [0.25, 0.3) is 11.0 Å². The third-order valence-electron chi connectivity index (χ3n) is 4.85. The van der Waals surface area contributed by atoms with Crippen LogP contribution in [0, 0.1) is 12.7 Å². The van der Waals surface area contributed by atoms with Gasteiger partial charge < -0.3 is 9.15 Å². The zero-order chi connectivity index (χ0) is 23.6. The van der Waals surface area contributed by atoms with E-state index in [1.807, 2.05) is 9.44 Å². The molecular formula is C21H18FN5NaO5S. The Bertz CT molecular complexity index is 1500. The van der Waals surface area contributed by atoms with Crippen LogP contribution in [0.3, 0.4) is 0 Å². The molecule has 0 saturated heterocycles. The quantitative estimate of drug-likeness (QED) is 0.295. The number of ether oxygens (including phenoxy) is 1. The van der Waals surface area contributed by atoms with Crippen LogP contribution < -0.4 is 19.8 Å². The van der Waals surface area contributed by atoms with Crippen LogP contribution in [0.5, 0.6) is 11.8 Å². The molecule has 1 aromatic carbocycles. The van der Waals surface area contributed by atoms with Crippen molar-refractivity contribution in [2.75, 3.05) is 11.8 Å². The van der Waals surface area contributed by atoms with Gasteiger partial charge in [-0.25, -0.2) is 28.9 Å². The van der Waals surface area contributed by atoms with Crippen LogP contribution in [-0.2, 0) is 16.6 Å². The van der Waals surface area contributed by atoms with Gasteiger partial charge in [0.05, 0.1) is 0 Å². The molecule has 0 spiro atoms. The van der Waals surface area contributed by atoms with E-state index < -0.39 is 27.5 Å². The molecule has 10 nitrogen and oxygen atoms in total. The van der Waals surface area contributed by atoms with Gasteiger partial charge in [0, 0.05) is 78.6 Å². The number of fused-ring (bicyclic) bond motifs is 1. The van der Waals surface area contributed by atoms with Crippen molar-refractivity contribution in [1.82, 2.24) is 19.7 Å². The average molecular weight is 494 g/mol. The molecule has 3 aromatic heterocycles. The second kappa shape index (κ2) is 10.6. The van der Waals surface area contributed by atoms with Crippen molar-refractivity contribution in [1.29, 1.82) is 0 Å². The number of nitrogens with one attached hydrogen (secondary N) is 2. The van der Waals surface area contributed by atoms with E-state index in [1.54, 1.807) is 31.2 Å². The standard InChI is InChI=1S/C21H18FN5O5S.Na/c1-12-15-5-4-14(31-21-25-7-3-8-26-21)11-17(15)32-20(28)16(12)10-13-6-9-24-19(18(13)22)27-33(29,30)23-2;/h3-9,11,23H,10H2,1-2H3,(H,24,27);. The van der Waals surface area contributed by atoms with Crippen molar-refractivity contribution in [3.8, 4) is 11.8 Å². The summed E-state index contributed by atoms with van der Waals surface area (Å²) in [6, 6.07) is 8.10. The number of aryl methyl sites for hydroxylation is 1. The molecule has 13 heteroatoms. The fourth-order valence-corrected chi connectivity index (χ4v) is 3.64. The molecule has 0 aliphatic carbocycles. The number of aromatic nitrogens is 3. The summed E-state index contributed by atoms with van der Waals surface area (Å²) >= 11 is 0. The normalized spacial score (nSPS) is 11.1. The largest absolute Gasteiger partial charge is 0.424 e. The van der Waals surface area contributed by atoms with E-state index in [2.05, 4.69) is 15.0 Å². The molecule has 2 N–H and O–H groups in total. The third kappa shape index (κ3) is 5.59. The van der Waals surface area contributed by atoms with Crippen molar-refractivity contribution in [3.05, 3.63) is 81.9 Å². The van der Waals surface area contributed by atoms with E-state index in [0.717, 1.165) is 0 Å². The molecule has 0 aliphatic heterocycles. The van der Waals surface area contributed by atoms with Gasteiger partial charge in [-0.1, -0.05) is 0 Å². The fraction of sp³-hybridized carbons (Fsp3) is 0.143. The molecule has 0 aliphatic rings. The molecule has 4 rings (SSSR count). The predicted octanol–water partition coefficient (Wildman–Crippen LogP) is 2.30. The SMILES string of the molecule is CNS(=O)(=O)Nc1nccc(Cc2c(C)c3ccc(Oc4ncccn4)cc3oc2=O)c1F.[Na]. The van der Waals surface area contributed by atoms with E-state index >= 15 is 0 Å². The summed E-state index contributed by atoms with van der Waals surface area (Å²) in [5.41, 5.74) is 0.538. The molecule has 0 fully saturated rings. The van der Waals surface area contributed by atoms with Crippen LogP contribution in [0.2, 0.25) is 0 Å². The first-order valence-electron chi connectivity index (χ1n) is 9.63. The number of nitrogens with zero attached hydrogens (tertiary/aromatic N) is 3. The van der Waals surface area contributed by atoms with E-state index in [9.17, 15) is 17.6 Å². The van der Waals surface area contributed by atoms with Gasteiger partial charge in [0.25, 0.3) is 10.2 Å². The molecule has 171 valence electrons. The minimum Gasteiger partial charge on any atom is -0.424 e. The minimum absolute atomic E-state index is 0. The molecule has 0 amide bonds. The monoisotopic (exact) mass is 494 g/mol. The van der Waals surface area contributed by atoms with Crippen LogP contribution in [0.4, 0.5) is 10.2 Å². The van der Waals surface area contributed by atoms with E-state index in [4.69, 9.17) is 9.15 Å². The van der Waals surface area contributed by atoms with Crippen molar-refractivity contribution < 1.29 is 22.0 Å². The Hall–Kier alpha value is -2.90. The van der Waals surface area contributed by atoms with Gasteiger partial charge in [0.15, 0.2) is 11.6 Å². The minimum atomic E-state index is -3.96. The molecule has 1 radical (unpaired) electrons. The predicted molar refractivity (Wildman–Crippen MR) is 124 cm³/mol. The zero-order valence-corrected chi connectivity index (χ0v) is 21.3. The molecule has 0 unspecified atom stereocenters. The number of hydrogen-bond acceptors (Lipinski definition) is 8. The van der Waals surface area contributed by atoms with E-state index in [0.29, 0.717) is 16.7 Å². The van der Waals surface area contributed by atoms with Gasteiger partial charge in [-0.15, -0.1) is 0 Å². The number of hydrogen-bond donors (Lipinski definition) is 2. The van der Waals surface area contributed by atoms with Gasteiger partial charge in [-0.2, -0.15) is 8.42 Å². The maximum Gasteiger partial charge on any atom is 0.340 e. The molecule has 4 aromatic rings. The summed E-state index contributed by atoms with van der Waals surface area (Å²) in [6.45, 7) is 1.72. The first-order chi connectivity index (χ1) is 15.8. The van der Waals surface area contributed by atoms with Crippen molar-refractivity contribution >= 4 is 56.6 Å². The van der Waals surface area contributed by atoms with E-state index in [-0.39, 0.29) is 58.7 Å². The first-order valence-corrected chi connectivity index (χ1v) is 11.1. The number of pyridine rings is 1. The van der Waals surface area contributed by atoms with Crippen LogP contribution in [0.1, 0.15) is 16.7 Å². The third-order valence-corrected chi connectivity index (χ3v) is 5.85. The van der Waals surface area contributed by atoms with Gasteiger partial charge >= 0.3 is 11.6 Å². The Morgan fingerprint density at radius 2 is 1.85 bits per heavy atom. The second-order valence-corrected chi connectivity index (χ2v) is 8.52. The van der Waals surface area contributed by atoms with Crippen molar-refractivity contribution in [2.24, 2.45) is 0 Å². The summed E-state index contributed by atoms with van der Waals surface area (Å²) in [6.07, 6.45) is 4.20. The molecule has 0 bridgehead atoms. The van der Waals surface area contributed by atoms with Gasteiger partial charge in [-0.05, 0) is 42.3 Å². The number of halogens is 1.